The first-order valence-corrected chi connectivity index (χ1v) is 5.51. The van der Waals surface area contributed by atoms with Crippen molar-refractivity contribution in [3.63, 3.8) is 0 Å². The van der Waals surface area contributed by atoms with Gasteiger partial charge in [0, 0.05) is 6.61 Å². The second-order valence-electron chi connectivity index (χ2n) is 3.55. The van der Waals surface area contributed by atoms with Gasteiger partial charge in [-0.3, -0.25) is 0 Å². The molecule has 0 saturated heterocycles. The molecule has 0 aliphatic heterocycles. The number of carbonyl (C=O) groups excluding carboxylic acids is 1. The van der Waals surface area contributed by atoms with Crippen molar-refractivity contribution in [3.05, 3.63) is 35.9 Å². The van der Waals surface area contributed by atoms with E-state index in [0.29, 0.717) is 13.2 Å². The van der Waals surface area contributed by atoms with E-state index in [2.05, 4.69) is 0 Å². The van der Waals surface area contributed by atoms with Gasteiger partial charge in [0.15, 0.2) is 5.60 Å². The van der Waals surface area contributed by atoms with E-state index < -0.39 is 5.60 Å². The number of esters is 1. The van der Waals surface area contributed by atoms with Gasteiger partial charge in [0.2, 0.25) is 0 Å². The Kier molecular flexibility index (Phi) is 4.50. The molecule has 0 heterocycles. The van der Waals surface area contributed by atoms with Gasteiger partial charge in [0.05, 0.1) is 6.61 Å². The van der Waals surface area contributed by atoms with Gasteiger partial charge >= 0.3 is 5.97 Å². The van der Waals surface area contributed by atoms with Gasteiger partial charge in [-0.1, -0.05) is 30.3 Å². The van der Waals surface area contributed by atoms with Gasteiger partial charge in [0.25, 0.3) is 0 Å². The van der Waals surface area contributed by atoms with Crippen LogP contribution in [0.25, 0.3) is 0 Å². The zero-order valence-corrected chi connectivity index (χ0v) is 10.0. The highest BCUT2D eigenvalue weighted by Gasteiger charge is 2.37. The molecule has 3 heteroatoms. The standard InChI is InChI=1S/C13H18O3/c1-4-15-12(14)13(3,16-5-2)11-9-7-6-8-10-11/h6-10H,4-5H2,1-3H3. The van der Waals surface area contributed by atoms with Crippen LogP contribution in [0.3, 0.4) is 0 Å². The molecule has 0 amide bonds. The largest absolute Gasteiger partial charge is 0.464 e. The van der Waals surface area contributed by atoms with Crippen LogP contribution in [0.2, 0.25) is 0 Å². The fraction of sp³-hybridized carbons (Fsp3) is 0.462. The lowest BCUT2D eigenvalue weighted by Crippen LogP contribution is -2.37. The second-order valence-corrected chi connectivity index (χ2v) is 3.55. The van der Waals surface area contributed by atoms with Crippen molar-refractivity contribution in [2.75, 3.05) is 13.2 Å². The minimum atomic E-state index is -1.01. The maximum atomic E-state index is 11.9. The Morgan fingerprint density at radius 3 is 2.31 bits per heavy atom. The third kappa shape index (κ3) is 2.61. The minimum Gasteiger partial charge on any atom is -0.464 e. The topological polar surface area (TPSA) is 35.5 Å². The lowest BCUT2D eigenvalue weighted by atomic mass is 9.96. The first-order valence-electron chi connectivity index (χ1n) is 5.51. The lowest BCUT2D eigenvalue weighted by molar-refractivity contribution is -0.171. The first kappa shape index (κ1) is 12.7. The Balaban J connectivity index is 3.01. The summed E-state index contributed by atoms with van der Waals surface area (Å²) in [5, 5.41) is 0. The molecule has 0 N–H and O–H groups in total. The average molecular weight is 222 g/mol. The molecule has 0 radical (unpaired) electrons. The summed E-state index contributed by atoms with van der Waals surface area (Å²) in [6.45, 7) is 6.21. The van der Waals surface area contributed by atoms with E-state index in [1.165, 1.54) is 0 Å². The number of carbonyl (C=O) groups is 1. The Bertz CT molecular complexity index is 334. The molecule has 16 heavy (non-hydrogen) atoms. The van der Waals surface area contributed by atoms with Crippen LogP contribution in [-0.2, 0) is 19.9 Å². The van der Waals surface area contributed by atoms with Crippen molar-refractivity contribution in [2.45, 2.75) is 26.4 Å². The number of hydrogen-bond acceptors (Lipinski definition) is 3. The quantitative estimate of drug-likeness (QED) is 0.718. The van der Waals surface area contributed by atoms with Crippen molar-refractivity contribution in [1.82, 2.24) is 0 Å². The highest BCUT2D eigenvalue weighted by Crippen LogP contribution is 2.26. The summed E-state index contributed by atoms with van der Waals surface area (Å²) in [6, 6.07) is 9.40. The second kappa shape index (κ2) is 5.66. The summed E-state index contributed by atoms with van der Waals surface area (Å²) < 4.78 is 10.6. The molecule has 1 aromatic rings. The van der Waals surface area contributed by atoms with Crippen molar-refractivity contribution >= 4 is 5.97 Å². The van der Waals surface area contributed by atoms with Crippen LogP contribution >= 0.6 is 0 Å². The molecule has 1 aromatic carbocycles. The third-order valence-corrected chi connectivity index (χ3v) is 2.42. The van der Waals surface area contributed by atoms with Gasteiger partial charge in [-0.2, -0.15) is 0 Å². The molecule has 1 rings (SSSR count). The zero-order chi connectivity index (χ0) is 12.0. The highest BCUT2D eigenvalue weighted by molar-refractivity contribution is 5.80. The fourth-order valence-electron chi connectivity index (χ4n) is 1.57. The molecule has 0 aliphatic rings. The molecule has 0 aliphatic carbocycles. The highest BCUT2D eigenvalue weighted by atomic mass is 16.6. The summed E-state index contributed by atoms with van der Waals surface area (Å²) in [5.74, 6) is -0.344. The van der Waals surface area contributed by atoms with E-state index in [9.17, 15) is 4.79 Å². The van der Waals surface area contributed by atoms with Crippen molar-refractivity contribution < 1.29 is 14.3 Å². The Labute approximate surface area is 96.4 Å². The maximum Gasteiger partial charge on any atom is 0.342 e. The van der Waals surface area contributed by atoms with Crippen LogP contribution in [0.15, 0.2) is 30.3 Å². The SMILES string of the molecule is CCOC(=O)C(C)(OCC)c1ccccc1. The molecule has 3 nitrogen and oxygen atoms in total. The van der Waals surface area contributed by atoms with E-state index in [4.69, 9.17) is 9.47 Å². The Hall–Kier alpha value is -1.35. The predicted molar refractivity (Wildman–Crippen MR) is 62.1 cm³/mol. The van der Waals surface area contributed by atoms with Crippen LogP contribution in [0.5, 0.6) is 0 Å². The molecule has 0 saturated carbocycles. The van der Waals surface area contributed by atoms with Crippen molar-refractivity contribution in [2.24, 2.45) is 0 Å². The van der Waals surface area contributed by atoms with Crippen LogP contribution < -0.4 is 0 Å². The van der Waals surface area contributed by atoms with E-state index in [1.807, 2.05) is 37.3 Å². The predicted octanol–water partition coefficient (Wildman–Crippen LogP) is 2.50. The zero-order valence-electron chi connectivity index (χ0n) is 10.0. The maximum absolute atomic E-state index is 11.9. The molecule has 0 fully saturated rings. The Morgan fingerprint density at radius 2 is 1.81 bits per heavy atom. The average Bonchev–Trinajstić information content (AvgIpc) is 2.30. The van der Waals surface area contributed by atoms with Gasteiger partial charge < -0.3 is 9.47 Å². The molecular formula is C13H18O3. The summed E-state index contributed by atoms with van der Waals surface area (Å²) in [6.07, 6.45) is 0. The van der Waals surface area contributed by atoms with Gasteiger partial charge in [-0.15, -0.1) is 0 Å². The number of benzene rings is 1. The number of rotatable bonds is 5. The molecular weight excluding hydrogens is 204 g/mol. The molecule has 0 spiro atoms. The van der Waals surface area contributed by atoms with Crippen LogP contribution in [0, 0.1) is 0 Å². The van der Waals surface area contributed by atoms with E-state index >= 15 is 0 Å². The smallest absolute Gasteiger partial charge is 0.342 e. The number of ether oxygens (including phenoxy) is 2. The van der Waals surface area contributed by atoms with Crippen LogP contribution in [-0.4, -0.2) is 19.2 Å². The van der Waals surface area contributed by atoms with Gasteiger partial charge in [-0.25, -0.2) is 4.79 Å². The summed E-state index contributed by atoms with van der Waals surface area (Å²) in [5.41, 5.74) is -0.193. The lowest BCUT2D eigenvalue weighted by Gasteiger charge is -2.27. The molecule has 1 atom stereocenters. The van der Waals surface area contributed by atoms with E-state index in [-0.39, 0.29) is 5.97 Å². The fourth-order valence-corrected chi connectivity index (χ4v) is 1.57. The molecule has 1 unspecified atom stereocenters. The molecule has 0 aromatic heterocycles. The van der Waals surface area contributed by atoms with E-state index in [0.717, 1.165) is 5.56 Å². The monoisotopic (exact) mass is 222 g/mol. The summed E-state index contributed by atoms with van der Waals surface area (Å²) >= 11 is 0. The van der Waals surface area contributed by atoms with Gasteiger partial charge in [0.1, 0.15) is 0 Å². The van der Waals surface area contributed by atoms with E-state index in [1.54, 1.807) is 13.8 Å². The van der Waals surface area contributed by atoms with Crippen LogP contribution in [0.1, 0.15) is 26.3 Å². The van der Waals surface area contributed by atoms with Gasteiger partial charge in [-0.05, 0) is 26.3 Å². The van der Waals surface area contributed by atoms with Crippen molar-refractivity contribution in [1.29, 1.82) is 0 Å². The summed E-state index contributed by atoms with van der Waals surface area (Å²) in [4.78, 5) is 11.9. The molecule has 0 bridgehead atoms. The van der Waals surface area contributed by atoms with Crippen LogP contribution in [0.4, 0.5) is 0 Å². The number of hydrogen-bond donors (Lipinski definition) is 0. The first-order chi connectivity index (χ1) is 7.65. The normalized spacial score (nSPS) is 14.2. The minimum absolute atomic E-state index is 0.344. The van der Waals surface area contributed by atoms with Crippen molar-refractivity contribution in [3.8, 4) is 0 Å². The third-order valence-electron chi connectivity index (χ3n) is 2.42. The molecule has 88 valence electrons. The summed E-state index contributed by atoms with van der Waals surface area (Å²) in [7, 11) is 0. The Morgan fingerprint density at radius 1 is 1.19 bits per heavy atom.